The highest BCUT2D eigenvalue weighted by Crippen LogP contribution is 2.22. The summed E-state index contributed by atoms with van der Waals surface area (Å²) in [6, 6.07) is 3.24. The van der Waals surface area contributed by atoms with E-state index in [9.17, 15) is 8.78 Å². The Labute approximate surface area is 116 Å². The Kier molecular flexibility index (Phi) is 4.13. The van der Waals surface area contributed by atoms with Gasteiger partial charge >= 0.3 is 0 Å². The lowest BCUT2D eigenvalue weighted by Crippen LogP contribution is -2.37. The molecule has 108 valence electrons. The molecule has 2 rings (SSSR count). The standard InChI is InChI=1S/C14H17F2N3O/c1-14(2,3)17-7-6-12-18-19-13(20-12)10-5-4-9(15)8-11(10)16/h4-5,8,17H,6-7H2,1-3H3. The lowest BCUT2D eigenvalue weighted by molar-refractivity contribution is 0.411. The van der Waals surface area contributed by atoms with Crippen molar-refractivity contribution in [3.05, 3.63) is 35.7 Å². The third-order valence-corrected chi connectivity index (χ3v) is 2.62. The van der Waals surface area contributed by atoms with Crippen molar-refractivity contribution in [1.29, 1.82) is 0 Å². The van der Waals surface area contributed by atoms with Gasteiger partial charge in [0.15, 0.2) is 0 Å². The van der Waals surface area contributed by atoms with Crippen LogP contribution in [0.4, 0.5) is 8.78 Å². The van der Waals surface area contributed by atoms with Gasteiger partial charge in [0.1, 0.15) is 11.6 Å². The summed E-state index contributed by atoms with van der Waals surface area (Å²) in [4.78, 5) is 0. The number of nitrogens with one attached hydrogen (secondary N) is 1. The second-order valence-electron chi connectivity index (χ2n) is 5.55. The molecule has 6 heteroatoms. The molecule has 1 aromatic carbocycles. The molecule has 4 nitrogen and oxygen atoms in total. The first kappa shape index (κ1) is 14.6. The van der Waals surface area contributed by atoms with Gasteiger partial charge in [-0.25, -0.2) is 8.78 Å². The zero-order chi connectivity index (χ0) is 14.8. The van der Waals surface area contributed by atoms with Gasteiger partial charge in [0, 0.05) is 24.6 Å². The van der Waals surface area contributed by atoms with Gasteiger partial charge in [-0.3, -0.25) is 0 Å². The molecule has 1 N–H and O–H groups in total. The fraction of sp³-hybridized carbons (Fsp3) is 0.429. The van der Waals surface area contributed by atoms with Crippen LogP contribution in [0, 0.1) is 11.6 Å². The smallest absolute Gasteiger partial charge is 0.250 e. The van der Waals surface area contributed by atoms with Crippen LogP contribution in [0.2, 0.25) is 0 Å². The van der Waals surface area contributed by atoms with Crippen molar-refractivity contribution in [3.8, 4) is 11.5 Å². The van der Waals surface area contributed by atoms with E-state index >= 15 is 0 Å². The van der Waals surface area contributed by atoms with E-state index in [0.717, 1.165) is 12.1 Å². The zero-order valence-electron chi connectivity index (χ0n) is 11.7. The number of benzene rings is 1. The summed E-state index contributed by atoms with van der Waals surface area (Å²) in [5, 5.41) is 10.9. The van der Waals surface area contributed by atoms with Crippen molar-refractivity contribution in [1.82, 2.24) is 15.5 Å². The summed E-state index contributed by atoms with van der Waals surface area (Å²) < 4.78 is 31.8. The summed E-state index contributed by atoms with van der Waals surface area (Å²) in [5.74, 6) is -0.873. The summed E-state index contributed by atoms with van der Waals surface area (Å²) in [6.07, 6.45) is 0.549. The lowest BCUT2D eigenvalue weighted by Gasteiger charge is -2.19. The third kappa shape index (κ3) is 3.84. The van der Waals surface area contributed by atoms with E-state index in [1.165, 1.54) is 6.07 Å². The van der Waals surface area contributed by atoms with Crippen LogP contribution in [0.15, 0.2) is 22.6 Å². The van der Waals surface area contributed by atoms with Crippen LogP contribution in [-0.2, 0) is 6.42 Å². The first-order valence-corrected chi connectivity index (χ1v) is 6.38. The van der Waals surface area contributed by atoms with Crippen molar-refractivity contribution in [2.75, 3.05) is 6.54 Å². The van der Waals surface area contributed by atoms with Gasteiger partial charge in [-0.05, 0) is 32.9 Å². The zero-order valence-corrected chi connectivity index (χ0v) is 11.7. The van der Waals surface area contributed by atoms with Crippen molar-refractivity contribution in [2.24, 2.45) is 0 Å². The van der Waals surface area contributed by atoms with E-state index in [0.29, 0.717) is 18.9 Å². The molecule has 0 amide bonds. The number of aromatic nitrogens is 2. The second-order valence-corrected chi connectivity index (χ2v) is 5.55. The normalized spacial score (nSPS) is 11.8. The number of hydrogen-bond acceptors (Lipinski definition) is 4. The first-order valence-electron chi connectivity index (χ1n) is 6.38. The van der Waals surface area contributed by atoms with Gasteiger partial charge in [0.2, 0.25) is 5.89 Å². The van der Waals surface area contributed by atoms with Crippen molar-refractivity contribution < 1.29 is 13.2 Å². The number of hydrogen-bond donors (Lipinski definition) is 1. The largest absolute Gasteiger partial charge is 0.421 e. The van der Waals surface area contributed by atoms with Crippen LogP contribution in [0.3, 0.4) is 0 Å². The second kappa shape index (κ2) is 5.66. The number of nitrogens with zero attached hydrogens (tertiary/aromatic N) is 2. The van der Waals surface area contributed by atoms with Crippen LogP contribution in [0.25, 0.3) is 11.5 Å². The fourth-order valence-electron chi connectivity index (χ4n) is 1.67. The molecule has 1 heterocycles. The molecule has 0 saturated heterocycles. The van der Waals surface area contributed by atoms with E-state index in [1.54, 1.807) is 0 Å². The minimum atomic E-state index is -0.715. The first-order chi connectivity index (χ1) is 9.35. The summed E-state index contributed by atoms with van der Waals surface area (Å²) in [5.41, 5.74) is 0.111. The Bertz CT molecular complexity index is 590. The highest BCUT2D eigenvalue weighted by molar-refractivity contribution is 5.53. The SMILES string of the molecule is CC(C)(C)NCCc1nnc(-c2ccc(F)cc2F)o1. The number of halogens is 2. The molecule has 0 fully saturated rings. The fourth-order valence-corrected chi connectivity index (χ4v) is 1.67. The van der Waals surface area contributed by atoms with Gasteiger partial charge in [-0.1, -0.05) is 0 Å². The van der Waals surface area contributed by atoms with E-state index < -0.39 is 11.6 Å². The van der Waals surface area contributed by atoms with Gasteiger partial charge < -0.3 is 9.73 Å². The maximum Gasteiger partial charge on any atom is 0.250 e. The van der Waals surface area contributed by atoms with E-state index in [1.807, 2.05) is 0 Å². The molecule has 1 aromatic heterocycles. The van der Waals surface area contributed by atoms with Gasteiger partial charge in [-0.15, -0.1) is 10.2 Å². The van der Waals surface area contributed by atoms with E-state index in [4.69, 9.17) is 4.42 Å². The van der Waals surface area contributed by atoms with Crippen LogP contribution in [-0.4, -0.2) is 22.3 Å². The molecular formula is C14H17F2N3O. The van der Waals surface area contributed by atoms with Gasteiger partial charge in [0.25, 0.3) is 5.89 Å². The third-order valence-electron chi connectivity index (χ3n) is 2.62. The van der Waals surface area contributed by atoms with Crippen molar-refractivity contribution in [3.63, 3.8) is 0 Å². The molecule has 0 atom stereocenters. The summed E-state index contributed by atoms with van der Waals surface area (Å²) >= 11 is 0. The average molecular weight is 281 g/mol. The predicted octanol–water partition coefficient (Wildman–Crippen LogP) is 2.95. The van der Waals surface area contributed by atoms with Crippen LogP contribution in [0.5, 0.6) is 0 Å². The monoisotopic (exact) mass is 281 g/mol. The molecular weight excluding hydrogens is 264 g/mol. The Morgan fingerprint density at radius 2 is 1.95 bits per heavy atom. The minimum Gasteiger partial charge on any atom is -0.421 e. The Hall–Kier alpha value is -1.82. The molecule has 0 aliphatic heterocycles. The highest BCUT2D eigenvalue weighted by atomic mass is 19.1. The molecule has 0 saturated carbocycles. The molecule has 0 aliphatic rings. The molecule has 0 radical (unpaired) electrons. The number of rotatable bonds is 4. The van der Waals surface area contributed by atoms with Crippen LogP contribution >= 0.6 is 0 Å². The molecule has 0 aliphatic carbocycles. The topological polar surface area (TPSA) is 51.0 Å². The Morgan fingerprint density at radius 3 is 2.60 bits per heavy atom. The van der Waals surface area contributed by atoms with Crippen LogP contribution < -0.4 is 5.32 Å². The summed E-state index contributed by atoms with van der Waals surface area (Å²) in [7, 11) is 0. The molecule has 20 heavy (non-hydrogen) atoms. The molecule has 0 bridgehead atoms. The Morgan fingerprint density at radius 1 is 1.20 bits per heavy atom. The van der Waals surface area contributed by atoms with Crippen LogP contribution in [0.1, 0.15) is 26.7 Å². The Balaban J connectivity index is 2.05. The van der Waals surface area contributed by atoms with Crippen molar-refractivity contribution in [2.45, 2.75) is 32.7 Å². The van der Waals surface area contributed by atoms with E-state index in [2.05, 4.69) is 36.3 Å². The summed E-state index contributed by atoms with van der Waals surface area (Å²) in [6.45, 7) is 6.84. The quantitative estimate of drug-likeness (QED) is 0.936. The molecule has 0 unspecified atom stereocenters. The van der Waals surface area contributed by atoms with Crippen molar-refractivity contribution >= 4 is 0 Å². The highest BCUT2D eigenvalue weighted by Gasteiger charge is 2.14. The van der Waals surface area contributed by atoms with Gasteiger partial charge in [0.05, 0.1) is 5.56 Å². The molecule has 0 spiro atoms. The van der Waals surface area contributed by atoms with Gasteiger partial charge in [-0.2, -0.15) is 0 Å². The van der Waals surface area contributed by atoms with E-state index in [-0.39, 0.29) is 17.0 Å². The lowest BCUT2D eigenvalue weighted by atomic mass is 10.1. The minimum absolute atomic E-state index is 0.00587. The average Bonchev–Trinajstić information content (AvgIpc) is 2.75. The molecule has 2 aromatic rings. The maximum atomic E-state index is 13.6. The predicted molar refractivity (Wildman–Crippen MR) is 71.1 cm³/mol. The maximum absolute atomic E-state index is 13.6.